The Hall–Kier alpha value is -1.22. The predicted molar refractivity (Wildman–Crippen MR) is 74.1 cm³/mol. The number of nitrogens with one attached hydrogen (secondary N) is 1. The zero-order valence-electron chi connectivity index (χ0n) is 11.3. The monoisotopic (exact) mass is 246 g/mol. The Labute approximate surface area is 109 Å². The highest BCUT2D eigenvalue weighted by atomic mass is 16.5. The van der Waals surface area contributed by atoms with E-state index in [-0.39, 0.29) is 0 Å². The van der Waals surface area contributed by atoms with E-state index in [1.807, 2.05) is 0 Å². The van der Waals surface area contributed by atoms with E-state index in [0.29, 0.717) is 5.41 Å². The van der Waals surface area contributed by atoms with Crippen LogP contribution in [0, 0.1) is 5.41 Å². The van der Waals surface area contributed by atoms with Gasteiger partial charge >= 0.3 is 0 Å². The molecule has 0 radical (unpaired) electrons. The van der Waals surface area contributed by atoms with E-state index >= 15 is 0 Å². The first-order valence-electron chi connectivity index (χ1n) is 6.85. The summed E-state index contributed by atoms with van der Waals surface area (Å²) in [6.07, 6.45) is 1.29. The van der Waals surface area contributed by atoms with E-state index in [9.17, 15) is 0 Å². The second kappa shape index (κ2) is 4.47. The summed E-state index contributed by atoms with van der Waals surface area (Å²) in [4.78, 5) is 2.54. The molecular formula is C15H22N2O. The highest BCUT2D eigenvalue weighted by Gasteiger charge is 2.29. The van der Waals surface area contributed by atoms with Crippen LogP contribution in [0.2, 0.25) is 0 Å². The zero-order chi connectivity index (χ0) is 12.6. The minimum atomic E-state index is 0.466. The molecule has 1 aromatic carbocycles. The van der Waals surface area contributed by atoms with Crippen molar-refractivity contribution >= 4 is 5.69 Å². The molecule has 0 saturated carbocycles. The Morgan fingerprint density at radius 3 is 3.06 bits per heavy atom. The molecule has 3 rings (SSSR count). The van der Waals surface area contributed by atoms with E-state index < -0.39 is 0 Å². The lowest BCUT2D eigenvalue weighted by molar-refractivity contribution is 0.272. The summed E-state index contributed by atoms with van der Waals surface area (Å²) in [7, 11) is 0. The van der Waals surface area contributed by atoms with Gasteiger partial charge in [-0.25, -0.2) is 0 Å². The largest absolute Gasteiger partial charge is 0.489 e. The highest BCUT2D eigenvalue weighted by Crippen LogP contribution is 2.35. The summed E-state index contributed by atoms with van der Waals surface area (Å²) in [6, 6.07) is 6.42. The lowest BCUT2D eigenvalue weighted by Gasteiger charge is -2.25. The van der Waals surface area contributed by atoms with Gasteiger partial charge in [0, 0.05) is 25.2 Å². The Morgan fingerprint density at radius 1 is 1.39 bits per heavy atom. The molecule has 0 aliphatic carbocycles. The third-order valence-corrected chi connectivity index (χ3v) is 3.91. The number of likely N-dealkylation sites (tertiary alicyclic amines) is 1. The molecule has 2 heterocycles. The van der Waals surface area contributed by atoms with Gasteiger partial charge in [-0.2, -0.15) is 0 Å². The number of nitrogens with zero attached hydrogens (tertiary/aromatic N) is 1. The number of rotatable bonds is 2. The lowest BCUT2D eigenvalue weighted by Crippen LogP contribution is -2.24. The average Bonchev–Trinajstić information content (AvgIpc) is 2.69. The van der Waals surface area contributed by atoms with E-state index in [1.54, 1.807) is 0 Å². The molecule has 0 unspecified atom stereocenters. The van der Waals surface area contributed by atoms with Gasteiger partial charge in [-0.05, 0) is 24.4 Å². The fraction of sp³-hybridized carbons (Fsp3) is 0.600. The summed E-state index contributed by atoms with van der Waals surface area (Å²) in [6.45, 7) is 9.78. The molecule has 1 aromatic rings. The average molecular weight is 246 g/mol. The Morgan fingerprint density at radius 2 is 2.28 bits per heavy atom. The van der Waals surface area contributed by atoms with E-state index in [2.05, 4.69) is 42.3 Å². The normalized spacial score (nSPS) is 22.1. The van der Waals surface area contributed by atoms with Gasteiger partial charge in [-0.15, -0.1) is 0 Å². The van der Waals surface area contributed by atoms with Crippen molar-refractivity contribution in [1.82, 2.24) is 4.90 Å². The SMILES string of the molecule is CC1(C)CCN(Cc2cccc3c2OCCN3)C1. The number of hydrogen-bond acceptors (Lipinski definition) is 3. The third kappa shape index (κ3) is 2.32. The number of anilines is 1. The van der Waals surface area contributed by atoms with Crippen LogP contribution in [0.15, 0.2) is 18.2 Å². The van der Waals surface area contributed by atoms with E-state index in [0.717, 1.165) is 31.1 Å². The quantitative estimate of drug-likeness (QED) is 0.868. The van der Waals surface area contributed by atoms with Crippen LogP contribution in [-0.4, -0.2) is 31.1 Å². The molecule has 0 bridgehead atoms. The van der Waals surface area contributed by atoms with Gasteiger partial charge < -0.3 is 10.1 Å². The predicted octanol–water partition coefficient (Wildman–Crippen LogP) is 2.72. The van der Waals surface area contributed by atoms with Crippen LogP contribution < -0.4 is 10.1 Å². The highest BCUT2D eigenvalue weighted by molar-refractivity contribution is 5.61. The van der Waals surface area contributed by atoms with Gasteiger partial charge in [0.05, 0.1) is 5.69 Å². The van der Waals surface area contributed by atoms with Crippen molar-refractivity contribution in [3.8, 4) is 5.75 Å². The van der Waals surface area contributed by atoms with E-state index in [1.165, 1.54) is 25.1 Å². The van der Waals surface area contributed by atoms with Crippen molar-refractivity contribution in [1.29, 1.82) is 0 Å². The molecule has 1 N–H and O–H groups in total. The molecule has 1 saturated heterocycles. The lowest BCUT2D eigenvalue weighted by atomic mass is 9.93. The maximum absolute atomic E-state index is 5.83. The summed E-state index contributed by atoms with van der Waals surface area (Å²) < 4.78 is 5.83. The van der Waals surface area contributed by atoms with Gasteiger partial charge in [0.2, 0.25) is 0 Å². The van der Waals surface area contributed by atoms with E-state index in [4.69, 9.17) is 4.74 Å². The molecule has 0 amide bonds. The first-order valence-corrected chi connectivity index (χ1v) is 6.85. The molecule has 3 heteroatoms. The first kappa shape index (κ1) is 11.8. The summed E-state index contributed by atoms with van der Waals surface area (Å²) >= 11 is 0. The molecule has 0 spiro atoms. The minimum Gasteiger partial charge on any atom is -0.489 e. The summed E-state index contributed by atoms with van der Waals surface area (Å²) in [5, 5.41) is 3.40. The molecule has 2 aliphatic heterocycles. The van der Waals surface area contributed by atoms with Crippen molar-refractivity contribution in [2.24, 2.45) is 5.41 Å². The van der Waals surface area contributed by atoms with Crippen LogP contribution in [0.4, 0.5) is 5.69 Å². The van der Waals surface area contributed by atoms with Crippen molar-refractivity contribution in [3.05, 3.63) is 23.8 Å². The maximum atomic E-state index is 5.83. The summed E-state index contributed by atoms with van der Waals surface area (Å²) in [5.41, 5.74) is 2.93. The van der Waals surface area contributed by atoms with Crippen molar-refractivity contribution in [2.75, 3.05) is 31.6 Å². The van der Waals surface area contributed by atoms with Crippen molar-refractivity contribution in [3.63, 3.8) is 0 Å². The Kier molecular flexibility index (Phi) is 2.94. The maximum Gasteiger partial charge on any atom is 0.146 e. The number of benzene rings is 1. The van der Waals surface area contributed by atoms with Gasteiger partial charge in [0.15, 0.2) is 0 Å². The Bertz CT molecular complexity index is 442. The Balaban J connectivity index is 1.77. The molecular weight excluding hydrogens is 224 g/mol. The third-order valence-electron chi connectivity index (χ3n) is 3.91. The van der Waals surface area contributed by atoms with Gasteiger partial charge in [-0.1, -0.05) is 26.0 Å². The molecule has 3 nitrogen and oxygen atoms in total. The van der Waals surface area contributed by atoms with Crippen LogP contribution in [0.1, 0.15) is 25.8 Å². The summed E-state index contributed by atoms with van der Waals surface area (Å²) in [5.74, 6) is 1.06. The van der Waals surface area contributed by atoms with Crippen LogP contribution in [0.5, 0.6) is 5.75 Å². The first-order chi connectivity index (χ1) is 8.64. The van der Waals surface area contributed by atoms with Crippen LogP contribution >= 0.6 is 0 Å². The van der Waals surface area contributed by atoms with Crippen LogP contribution in [-0.2, 0) is 6.54 Å². The number of fused-ring (bicyclic) bond motifs is 1. The van der Waals surface area contributed by atoms with Gasteiger partial charge in [0.25, 0.3) is 0 Å². The van der Waals surface area contributed by atoms with Crippen LogP contribution in [0.3, 0.4) is 0 Å². The molecule has 2 aliphatic rings. The number of ether oxygens (including phenoxy) is 1. The molecule has 0 atom stereocenters. The fourth-order valence-corrected chi connectivity index (χ4v) is 2.96. The molecule has 0 aromatic heterocycles. The number of para-hydroxylation sites is 1. The smallest absolute Gasteiger partial charge is 0.146 e. The van der Waals surface area contributed by atoms with Crippen molar-refractivity contribution < 1.29 is 4.74 Å². The topological polar surface area (TPSA) is 24.5 Å². The second-order valence-electron chi connectivity index (χ2n) is 6.19. The van der Waals surface area contributed by atoms with Gasteiger partial charge in [-0.3, -0.25) is 4.90 Å². The molecule has 98 valence electrons. The minimum absolute atomic E-state index is 0.466. The zero-order valence-corrected chi connectivity index (χ0v) is 11.3. The standard InChI is InChI=1S/C15H22N2O/c1-15(2)6-8-17(11-15)10-12-4-3-5-13-14(12)18-9-7-16-13/h3-5,16H,6-11H2,1-2H3. The van der Waals surface area contributed by atoms with Gasteiger partial charge in [0.1, 0.15) is 12.4 Å². The second-order valence-corrected chi connectivity index (χ2v) is 6.19. The van der Waals surface area contributed by atoms with Crippen LogP contribution in [0.25, 0.3) is 0 Å². The van der Waals surface area contributed by atoms with Crippen molar-refractivity contribution in [2.45, 2.75) is 26.8 Å². The molecule has 18 heavy (non-hydrogen) atoms. The number of hydrogen-bond donors (Lipinski definition) is 1. The molecule has 1 fully saturated rings. The fourth-order valence-electron chi connectivity index (χ4n) is 2.96.